The third-order valence-electron chi connectivity index (χ3n) is 6.10. The van der Waals surface area contributed by atoms with E-state index < -0.39 is 0 Å². The largest absolute Gasteiger partial charge is 0.497 e. The molecule has 1 aliphatic heterocycles. The van der Waals surface area contributed by atoms with Crippen LogP contribution in [-0.4, -0.2) is 50.6 Å². The topological polar surface area (TPSA) is 67.9 Å². The Labute approximate surface area is 190 Å². The summed E-state index contributed by atoms with van der Waals surface area (Å²) < 4.78 is 10.9. The highest BCUT2D eigenvalue weighted by Crippen LogP contribution is 2.39. The molecule has 2 aromatic rings. The van der Waals surface area contributed by atoms with Crippen molar-refractivity contribution in [2.24, 2.45) is 11.8 Å². The lowest BCUT2D eigenvalue weighted by Crippen LogP contribution is -2.36. The van der Waals surface area contributed by atoms with Gasteiger partial charge in [0.2, 0.25) is 5.91 Å². The molecule has 6 heteroatoms. The maximum absolute atomic E-state index is 13.2. The normalized spacial score (nSPS) is 18.0. The van der Waals surface area contributed by atoms with Gasteiger partial charge < -0.3 is 19.7 Å². The molecule has 2 atom stereocenters. The van der Waals surface area contributed by atoms with Gasteiger partial charge in [0.15, 0.2) is 0 Å². The summed E-state index contributed by atoms with van der Waals surface area (Å²) in [4.78, 5) is 28.2. The van der Waals surface area contributed by atoms with Gasteiger partial charge in [0.05, 0.1) is 20.1 Å². The van der Waals surface area contributed by atoms with Gasteiger partial charge in [-0.05, 0) is 37.5 Å². The second-order valence-corrected chi connectivity index (χ2v) is 8.87. The van der Waals surface area contributed by atoms with E-state index in [1.54, 1.807) is 19.1 Å². The zero-order valence-corrected chi connectivity index (χ0v) is 19.7. The number of methoxy groups -OCH3 is 2. The molecule has 0 spiro atoms. The molecule has 3 rings (SSSR count). The van der Waals surface area contributed by atoms with Crippen molar-refractivity contribution in [1.82, 2.24) is 10.2 Å². The van der Waals surface area contributed by atoms with Crippen LogP contribution in [0.3, 0.4) is 0 Å². The van der Waals surface area contributed by atoms with Gasteiger partial charge in [-0.2, -0.15) is 0 Å². The minimum absolute atomic E-state index is 0.0206. The van der Waals surface area contributed by atoms with Gasteiger partial charge in [0.1, 0.15) is 11.5 Å². The zero-order chi connectivity index (χ0) is 23.3. The zero-order valence-electron chi connectivity index (χ0n) is 19.7. The SMILES string of the molecule is COc1ccc([C@H]2CN(C(=O)c3ccc(C)cc3)C[C@@H]2C(=O)NCCC(C)C)c(OC)c1. The van der Waals surface area contributed by atoms with Crippen molar-refractivity contribution >= 4 is 11.8 Å². The van der Waals surface area contributed by atoms with E-state index in [1.165, 1.54) is 0 Å². The Hall–Kier alpha value is -3.02. The summed E-state index contributed by atoms with van der Waals surface area (Å²) in [5, 5.41) is 3.08. The van der Waals surface area contributed by atoms with Crippen LogP contribution in [0.15, 0.2) is 42.5 Å². The van der Waals surface area contributed by atoms with E-state index in [1.807, 2.05) is 49.4 Å². The van der Waals surface area contributed by atoms with Gasteiger partial charge in [-0.25, -0.2) is 0 Å². The number of carbonyl (C=O) groups is 2. The molecule has 0 bridgehead atoms. The first-order valence-electron chi connectivity index (χ1n) is 11.2. The van der Waals surface area contributed by atoms with Crippen molar-refractivity contribution in [2.75, 3.05) is 33.9 Å². The number of benzene rings is 2. The Bertz CT molecular complexity index is 939. The Kier molecular flexibility index (Phi) is 7.78. The van der Waals surface area contributed by atoms with Crippen molar-refractivity contribution in [1.29, 1.82) is 0 Å². The van der Waals surface area contributed by atoms with Crippen molar-refractivity contribution in [2.45, 2.75) is 33.1 Å². The molecule has 32 heavy (non-hydrogen) atoms. The first kappa shape index (κ1) is 23.6. The van der Waals surface area contributed by atoms with Crippen LogP contribution in [0.5, 0.6) is 11.5 Å². The van der Waals surface area contributed by atoms with Crippen LogP contribution in [0, 0.1) is 18.8 Å². The van der Waals surface area contributed by atoms with Crippen LogP contribution < -0.4 is 14.8 Å². The molecule has 0 unspecified atom stereocenters. The number of ether oxygens (including phenoxy) is 2. The van der Waals surface area contributed by atoms with E-state index in [9.17, 15) is 9.59 Å². The molecule has 1 saturated heterocycles. The summed E-state index contributed by atoms with van der Waals surface area (Å²) in [6.45, 7) is 7.72. The molecular weight excluding hydrogens is 404 g/mol. The Balaban J connectivity index is 1.88. The summed E-state index contributed by atoms with van der Waals surface area (Å²) in [6, 6.07) is 13.2. The minimum Gasteiger partial charge on any atom is -0.497 e. The molecule has 172 valence electrons. The number of likely N-dealkylation sites (tertiary alicyclic amines) is 1. The Morgan fingerprint density at radius 3 is 2.41 bits per heavy atom. The number of hydrogen-bond acceptors (Lipinski definition) is 4. The molecule has 1 aliphatic rings. The fraction of sp³-hybridized carbons (Fsp3) is 0.462. The lowest BCUT2D eigenvalue weighted by Gasteiger charge is -2.21. The molecule has 2 aromatic carbocycles. The minimum atomic E-state index is -0.348. The van der Waals surface area contributed by atoms with E-state index in [0.29, 0.717) is 42.6 Å². The average molecular weight is 439 g/mol. The first-order chi connectivity index (χ1) is 15.3. The predicted octanol–water partition coefficient (Wildman–Crippen LogP) is 4.03. The molecule has 6 nitrogen and oxygen atoms in total. The molecule has 0 saturated carbocycles. The fourth-order valence-electron chi connectivity index (χ4n) is 4.17. The molecule has 0 radical (unpaired) electrons. The Morgan fingerprint density at radius 2 is 1.78 bits per heavy atom. The van der Waals surface area contributed by atoms with Gasteiger partial charge in [-0.3, -0.25) is 9.59 Å². The quantitative estimate of drug-likeness (QED) is 0.676. The lowest BCUT2D eigenvalue weighted by molar-refractivity contribution is -0.124. The van der Waals surface area contributed by atoms with E-state index in [0.717, 1.165) is 17.5 Å². The van der Waals surface area contributed by atoms with Crippen LogP contribution in [0.1, 0.15) is 47.7 Å². The Morgan fingerprint density at radius 1 is 1.06 bits per heavy atom. The van der Waals surface area contributed by atoms with Crippen LogP contribution in [0.2, 0.25) is 0 Å². The number of aryl methyl sites for hydroxylation is 1. The molecule has 0 aromatic heterocycles. The van der Waals surface area contributed by atoms with Gasteiger partial charge in [0.25, 0.3) is 5.91 Å². The second-order valence-electron chi connectivity index (χ2n) is 8.87. The maximum Gasteiger partial charge on any atom is 0.253 e. The van der Waals surface area contributed by atoms with E-state index in [4.69, 9.17) is 9.47 Å². The monoisotopic (exact) mass is 438 g/mol. The summed E-state index contributed by atoms with van der Waals surface area (Å²) >= 11 is 0. The highest BCUT2D eigenvalue weighted by Gasteiger charge is 2.41. The van der Waals surface area contributed by atoms with Crippen LogP contribution in [-0.2, 0) is 4.79 Å². The molecule has 0 aliphatic carbocycles. The van der Waals surface area contributed by atoms with Crippen molar-refractivity contribution < 1.29 is 19.1 Å². The molecule has 2 amide bonds. The summed E-state index contributed by atoms with van der Waals surface area (Å²) in [5.74, 6) is 1.28. The van der Waals surface area contributed by atoms with Crippen molar-refractivity contribution in [3.8, 4) is 11.5 Å². The van der Waals surface area contributed by atoms with Gasteiger partial charge >= 0.3 is 0 Å². The molecule has 1 fully saturated rings. The van der Waals surface area contributed by atoms with Crippen LogP contribution in [0.25, 0.3) is 0 Å². The number of rotatable bonds is 8. The number of nitrogens with zero attached hydrogens (tertiary/aromatic N) is 1. The van der Waals surface area contributed by atoms with Gasteiger partial charge in [-0.1, -0.05) is 37.6 Å². The standard InChI is InChI=1S/C26H34N2O4/c1-17(2)12-13-27-25(29)23-16-28(26(30)19-8-6-18(3)7-9-19)15-22(23)21-11-10-20(31-4)14-24(21)32-5/h6-11,14,17,22-23H,12-13,15-16H2,1-5H3,(H,27,29)/t22-,23+/m1/s1. The number of amides is 2. The van der Waals surface area contributed by atoms with E-state index >= 15 is 0 Å². The summed E-state index contributed by atoms with van der Waals surface area (Å²) in [7, 11) is 3.22. The summed E-state index contributed by atoms with van der Waals surface area (Å²) in [6.07, 6.45) is 0.918. The fourth-order valence-corrected chi connectivity index (χ4v) is 4.17. The number of hydrogen-bond donors (Lipinski definition) is 1. The van der Waals surface area contributed by atoms with Crippen LogP contribution >= 0.6 is 0 Å². The van der Waals surface area contributed by atoms with Crippen molar-refractivity contribution in [3.63, 3.8) is 0 Å². The van der Waals surface area contributed by atoms with Gasteiger partial charge in [-0.15, -0.1) is 0 Å². The predicted molar refractivity (Wildman–Crippen MR) is 125 cm³/mol. The molecule has 1 N–H and O–H groups in total. The van der Waals surface area contributed by atoms with Crippen molar-refractivity contribution in [3.05, 3.63) is 59.2 Å². The molecule has 1 heterocycles. The smallest absolute Gasteiger partial charge is 0.253 e. The average Bonchev–Trinajstić information content (AvgIpc) is 3.23. The number of carbonyl (C=O) groups excluding carboxylic acids is 2. The highest BCUT2D eigenvalue weighted by atomic mass is 16.5. The lowest BCUT2D eigenvalue weighted by atomic mass is 9.87. The second kappa shape index (κ2) is 10.5. The number of nitrogens with one attached hydrogen (secondary N) is 1. The highest BCUT2D eigenvalue weighted by molar-refractivity contribution is 5.95. The van der Waals surface area contributed by atoms with Crippen LogP contribution in [0.4, 0.5) is 0 Å². The third-order valence-corrected chi connectivity index (χ3v) is 6.10. The maximum atomic E-state index is 13.2. The first-order valence-corrected chi connectivity index (χ1v) is 11.2. The summed E-state index contributed by atoms with van der Waals surface area (Å²) in [5.41, 5.74) is 2.65. The van der Waals surface area contributed by atoms with E-state index in [-0.39, 0.29) is 23.7 Å². The molecular formula is C26H34N2O4. The third kappa shape index (κ3) is 5.42. The van der Waals surface area contributed by atoms with Gasteiger partial charge in [0, 0.05) is 42.7 Å². The van der Waals surface area contributed by atoms with E-state index in [2.05, 4.69) is 19.2 Å².